The molecule has 3 heterocycles. The van der Waals surface area contributed by atoms with E-state index in [1.54, 1.807) is 11.3 Å². The van der Waals surface area contributed by atoms with E-state index in [4.69, 9.17) is 0 Å². The number of likely N-dealkylation sites (tertiary alicyclic amines) is 1. The van der Waals surface area contributed by atoms with Gasteiger partial charge in [-0.15, -0.1) is 11.3 Å². The fourth-order valence-corrected chi connectivity index (χ4v) is 5.27. The molecule has 5 nitrogen and oxygen atoms in total. The number of hydrogen-bond donors (Lipinski definition) is 1. The molecule has 27 heavy (non-hydrogen) atoms. The van der Waals surface area contributed by atoms with Crippen LogP contribution in [0.15, 0.2) is 36.1 Å². The van der Waals surface area contributed by atoms with E-state index >= 15 is 0 Å². The molecule has 1 saturated carbocycles. The Labute approximate surface area is 165 Å². The van der Waals surface area contributed by atoms with E-state index in [9.17, 15) is 4.79 Å². The maximum atomic E-state index is 12.8. The lowest BCUT2D eigenvalue weighted by Gasteiger charge is -2.37. The predicted octanol–water partition coefficient (Wildman–Crippen LogP) is 3.80. The van der Waals surface area contributed by atoms with Crippen LogP contribution in [-0.4, -0.2) is 33.9 Å². The van der Waals surface area contributed by atoms with Gasteiger partial charge in [-0.2, -0.15) is 0 Å². The Hall–Kier alpha value is -1.79. The van der Waals surface area contributed by atoms with Gasteiger partial charge in [-0.25, -0.2) is 4.98 Å². The normalized spacial score (nSPS) is 22.6. The average Bonchev–Trinajstić information content (AvgIpc) is 3.41. The minimum Gasteiger partial charge on any atom is -0.346 e. The Kier molecular flexibility index (Phi) is 6.14. The minimum absolute atomic E-state index is 0.0369. The molecule has 1 saturated heterocycles. The minimum atomic E-state index is 0.0369. The molecule has 1 aliphatic heterocycles. The maximum absolute atomic E-state index is 12.8. The van der Waals surface area contributed by atoms with Crippen LogP contribution in [0.25, 0.3) is 0 Å². The molecule has 1 amide bonds. The third kappa shape index (κ3) is 4.74. The zero-order chi connectivity index (χ0) is 18.5. The van der Waals surface area contributed by atoms with E-state index < -0.39 is 0 Å². The summed E-state index contributed by atoms with van der Waals surface area (Å²) in [6.45, 7) is 3.02. The van der Waals surface area contributed by atoms with Crippen molar-refractivity contribution in [3.63, 3.8) is 0 Å². The number of pyridine rings is 1. The molecular formula is C21H28N4OS. The van der Waals surface area contributed by atoms with Crippen LogP contribution in [0.3, 0.4) is 0 Å². The van der Waals surface area contributed by atoms with Gasteiger partial charge in [0.15, 0.2) is 0 Å². The van der Waals surface area contributed by atoms with E-state index in [2.05, 4.69) is 26.3 Å². The van der Waals surface area contributed by atoms with Gasteiger partial charge in [0, 0.05) is 43.0 Å². The number of carbonyl (C=O) groups is 1. The number of rotatable bonds is 6. The molecule has 0 radical (unpaired) electrons. The molecule has 1 N–H and O–H groups in total. The van der Waals surface area contributed by atoms with Gasteiger partial charge in [0.1, 0.15) is 5.01 Å². The second-order valence-corrected chi connectivity index (χ2v) is 8.76. The lowest BCUT2D eigenvalue weighted by molar-refractivity contribution is -0.126. The van der Waals surface area contributed by atoms with Gasteiger partial charge in [0.25, 0.3) is 0 Å². The zero-order valence-electron chi connectivity index (χ0n) is 15.7. The van der Waals surface area contributed by atoms with E-state index in [1.165, 1.54) is 18.4 Å². The number of thiazole rings is 1. The standard InChI is InChI=1S/C21H28N4OS/c26-20(17-6-1-2-7-17)24-19(21-23-10-12-27-21)18-8-4-11-25(15-18)14-16-5-3-9-22-13-16/h3,5,9-10,12-13,17-19H,1-2,4,6-8,11,14-15H2,(H,24,26)/t18-,19-/m1/s1. The molecule has 2 atom stereocenters. The van der Waals surface area contributed by atoms with Gasteiger partial charge in [0.05, 0.1) is 6.04 Å². The number of aromatic nitrogens is 2. The van der Waals surface area contributed by atoms with Crippen LogP contribution in [0, 0.1) is 11.8 Å². The first kappa shape index (κ1) is 18.6. The summed E-state index contributed by atoms with van der Waals surface area (Å²) < 4.78 is 0. The largest absolute Gasteiger partial charge is 0.346 e. The van der Waals surface area contributed by atoms with Gasteiger partial charge in [0.2, 0.25) is 5.91 Å². The maximum Gasteiger partial charge on any atom is 0.223 e. The molecule has 0 aromatic carbocycles. The predicted molar refractivity (Wildman–Crippen MR) is 107 cm³/mol. The van der Waals surface area contributed by atoms with E-state index in [0.29, 0.717) is 5.92 Å². The van der Waals surface area contributed by atoms with Crippen molar-refractivity contribution in [3.05, 3.63) is 46.7 Å². The fourth-order valence-electron chi connectivity index (χ4n) is 4.49. The summed E-state index contributed by atoms with van der Waals surface area (Å²) in [7, 11) is 0. The molecule has 144 valence electrons. The van der Waals surface area contributed by atoms with Gasteiger partial charge in [-0.1, -0.05) is 18.9 Å². The first-order valence-corrected chi connectivity index (χ1v) is 11.0. The fraction of sp³-hybridized carbons (Fsp3) is 0.571. The monoisotopic (exact) mass is 384 g/mol. The Morgan fingerprint density at radius 3 is 2.89 bits per heavy atom. The molecule has 2 aliphatic rings. The van der Waals surface area contributed by atoms with E-state index in [1.807, 2.05) is 30.0 Å². The van der Waals surface area contributed by atoms with Crippen molar-refractivity contribution in [3.8, 4) is 0 Å². The molecule has 2 aromatic rings. The van der Waals surface area contributed by atoms with Crippen molar-refractivity contribution >= 4 is 17.2 Å². The third-order valence-electron chi connectivity index (χ3n) is 5.88. The van der Waals surface area contributed by atoms with Crippen molar-refractivity contribution in [1.82, 2.24) is 20.2 Å². The van der Waals surface area contributed by atoms with Crippen LogP contribution < -0.4 is 5.32 Å². The van der Waals surface area contributed by atoms with E-state index in [-0.39, 0.29) is 17.9 Å². The van der Waals surface area contributed by atoms with Crippen molar-refractivity contribution in [2.24, 2.45) is 11.8 Å². The molecule has 1 aliphatic carbocycles. The molecule has 6 heteroatoms. The molecule has 2 aromatic heterocycles. The number of carbonyl (C=O) groups excluding carboxylic acids is 1. The Balaban J connectivity index is 1.45. The van der Waals surface area contributed by atoms with E-state index in [0.717, 1.165) is 50.3 Å². The lowest BCUT2D eigenvalue weighted by Crippen LogP contribution is -2.43. The third-order valence-corrected chi connectivity index (χ3v) is 6.74. The molecule has 2 fully saturated rings. The van der Waals surface area contributed by atoms with Crippen molar-refractivity contribution in [2.45, 2.75) is 51.1 Å². The Morgan fingerprint density at radius 2 is 2.15 bits per heavy atom. The first-order valence-electron chi connectivity index (χ1n) is 10.1. The number of amides is 1. The number of nitrogens with zero attached hydrogens (tertiary/aromatic N) is 3. The Morgan fingerprint density at radius 1 is 1.26 bits per heavy atom. The van der Waals surface area contributed by atoms with Crippen LogP contribution in [0.1, 0.15) is 55.1 Å². The molecule has 0 unspecified atom stereocenters. The highest BCUT2D eigenvalue weighted by atomic mass is 32.1. The van der Waals surface area contributed by atoms with Crippen molar-refractivity contribution in [2.75, 3.05) is 13.1 Å². The lowest BCUT2D eigenvalue weighted by atomic mass is 9.90. The highest BCUT2D eigenvalue weighted by molar-refractivity contribution is 7.09. The average molecular weight is 385 g/mol. The highest BCUT2D eigenvalue weighted by Crippen LogP contribution is 2.33. The highest BCUT2D eigenvalue weighted by Gasteiger charge is 2.33. The Bertz CT molecular complexity index is 715. The second-order valence-electron chi connectivity index (χ2n) is 7.84. The van der Waals surface area contributed by atoms with Crippen LogP contribution >= 0.6 is 11.3 Å². The smallest absolute Gasteiger partial charge is 0.223 e. The van der Waals surface area contributed by atoms with Gasteiger partial charge >= 0.3 is 0 Å². The number of hydrogen-bond acceptors (Lipinski definition) is 5. The van der Waals surface area contributed by atoms with Crippen LogP contribution in [-0.2, 0) is 11.3 Å². The van der Waals surface area contributed by atoms with Crippen LogP contribution in [0.5, 0.6) is 0 Å². The summed E-state index contributed by atoms with van der Waals surface area (Å²) in [6, 6.07) is 4.17. The second kappa shape index (κ2) is 8.93. The van der Waals surface area contributed by atoms with Crippen molar-refractivity contribution < 1.29 is 4.79 Å². The zero-order valence-corrected chi connectivity index (χ0v) is 16.5. The summed E-state index contributed by atoms with van der Waals surface area (Å²) in [6.07, 6.45) is 12.4. The number of piperidine rings is 1. The SMILES string of the molecule is O=C(N[C@@H](c1nccs1)[C@@H]1CCCN(Cc2cccnc2)C1)C1CCCC1. The molecule has 4 rings (SSSR count). The summed E-state index contributed by atoms with van der Waals surface area (Å²) in [5, 5.41) is 6.45. The van der Waals surface area contributed by atoms with Crippen LogP contribution in [0.2, 0.25) is 0 Å². The summed E-state index contributed by atoms with van der Waals surface area (Å²) in [5.74, 6) is 0.839. The van der Waals surface area contributed by atoms with Crippen LogP contribution in [0.4, 0.5) is 0 Å². The van der Waals surface area contributed by atoms with Crippen molar-refractivity contribution in [1.29, 1.82) is 0 Å². The van der Waals surface area contributed by atoms with Gasteiger partial charge in [-0.3, -0.25) is 14.7 Å². The summed E-state index contributed by atoms with van der Waals surface area (Å²) in [4.78, 5) is 24.1. The topological polar surface area (TPSA) is 58.1 Å². The van der Waals surface area contributed by atoms with Gasteiger partial charge < -0.3 is 5.32 Å². The molecule has 0 bridgehead atoms. The quantitative estimate of drug-likeness (QED) is 0.823. The number of nitrogens with one attached hydrogen (secondary N) is 1. The molecule has 0 spiro atoms. The first-order chi connectivity index (χ1) is 13.3. The summed E-state index contributed by atoms with van der Waals surface area (Å²) >= 11 is 1.66. The summed E-state index contributed by atoms with van der Waals surface area (Å²) in [5.41, 5.74) is 1.25. The van der Waals surface area contributed by atoms with Gasteiger partial charge in [-0.05, 0) is 49.8 Å². The molecular weight excluding hydrogens is 356 g/mol.